The third-order valence-corrected chi connectivity index (χ3v) is 1.80. The summed E-state index contributed by atoms with van der Waals surface area (Å²) in [5.41, 5.74) is 1.69. The van der Waals surface area contributed by atoms with Gasteiger partial charge in [-0.3, -0.25) is 0 Å². The minimum Gasteiger partial charge on any atom is -0.352 e. The molecule has 1 rings (SSSR count). The topological polar surface area (TPSA) is 18.5 Å². The van der Waals surface area contributed by atoms with Crippen LogP contribution in [-0.2, 0) is 9.47 Å². The Labute approximate surface area is 78.5 Å². The number of benzene rings is 1. The second-order valence-electron chi connectivity index (χ2n) is 2.53. The maximum Gasteiger partial charge on any atom is 0.184 e. The van der Waals surface area contributed by atoms with Crippen LogP contribution in [0.25, 0.3) is 0 Å². The van der Waals surface area contributed by atoms with Crippen molar-refractivity contribution in [2.45, 2.75) is 6.29 Å². The van der Waals surface area contributed by atoms with E-state index < -0.39 is 0 Å². The molecule has 0 unspecified atom stereocenters. The van der Waals surface area contributed by atoms with Crippen molar-refractivity contribution in [1.82, 2.24) is 0 Å². The number of rotatable bonds is 3. The van der Waals surface area contributed by atoms with Crippen molar-refractivity contribution in [3.05, 3.63) is 35.4 Å². The van der Waals surface area contributed by atoms with Gasteiger partial charge in [0.2, 0.25) is 0 Å². The number of hydrogen-bond donors (Lipinski definition) is 0. The van der Waals surface area contributed by atoms with E-state index in [1.807, 2.05) is 24.3 Å². The van der Waals surface area contributed by atoms with E-state index in [0.717, 1.165) is 11.1 Å². The van der Waals surface area contributed by atoms with Crippen LogP contribution in [0.5, 0.6) is 0 Å². The van der Waals surface area contributed by atoms with Gasteiger partial charge in [0.15, 0.2) is 6.29 Å². The Morgan fingerprint density at radius 3 is 2.38 bits per heavy atom. The summed E-state index contributed by atoms with van der Waals surface area (Å²) in [7, 11) is 3.17. The first-order chi connectivity index (χ1) is 6.33. The normalized spacial score (nSPS) is 10.0. The molecule has 0 aliphatic heterocycles. The minimum atomic E-state index is -0.382. The molecular weight excluding hydrogens is 164 g/mol. The lowest BCUT2D eigenvalue weighted by molar-refractivity contribution is -0.106. The summed E-state index contributed by atoms with van der Waals surface area (Å²) in [5.74, 6) is 2.58. The number of hydrogen-bond acceptors (Lipinski definition) is 2. The molecule has 0 fully saturated rings. The average molecular weight is 176 g/mol. The fourth-order valence-corrected chi connectivity index (χ4v) is 1.18. The zero-order valence-electron chi connectivity index (χ0n) is 7.78. The molecular formula is C11H12O2. The van der Waals surface area contributed by atoms with Crippen molar-refractivity contribution in [3.63, 3.8) is 0 Å². The lowest BCUT2D eigenvalue weighted by Gasteiger charge is -2.14. The highest BCUT2D eigenvalue weighted by Crippen LogP contribution is 2.20. The Morgan fingerprint density at radius 1 is 1.23 bits per heavy atom. The maximum absolute atomic E-state index is 5.34. The largest absolute Gasteiger partial charge is 0.352 e. The first kappa shape index (κ1) is 9.79. The zero-order valence-corrected chi connectivity index (χ0v) is 7.78. The van der Waals surface area contributed by atoms with Crippen molar-refractivity contribution in [2.24, 2.45) is 0 Å². The quantitative estimate of drug-likeness (QED) is 0.517. The van der Waals surface area contributed by atoms with Crippen molar-refractivity contribution in [3.8, 4) is 12.3 Å². The SMILES string of the molecule is C#Cc1ccccc1C(OC)OC. The molecule has 0 N–H and O–H groups in total. The lowest BCUT2D eigenvalue weighted by Crippen LogP contribution is -2.05. The molecule has 0 saturated carbocycles. The highest BCUT2D eigenvalue weighted by atomic mass is 16.7. The predicted octanol–water partition coefficient (Wildman–Crippen LogP) is 1.96. The maximum atomic E-state index is 5.34. The van der Waals surface area contributed by atoms with Gasteiger partial charge in [0.05, 0.1) is 0 Å². The number of ether oxygens (including phenoxy) is 2. The van der Waals surface area contributed by atoms with Crippen LogP contribution in [0.2, 0.25) is 0 Å². The van der Waals surface area contributed by atoms with Crippen LogP contribution in [-0.4, -0.2) is 14.2 Å². The molecule has 2 nitrogen and oxygen atoms in total. The van der Waals surface area contributed by atoms with E-state index in [-0.39, 0.29) is 6.29 Å². The molecule has 0 bridgehead atoms. The van der Waals surface area contributed by atoms with Gasteiger partial charge in [-0.05, 0) is 6.07 Å². The van der Waals surface area contributed by atoms with Crippen LogP contribution >= 0.6 is 0 Å². The van der Waals surface area contributed by atoms with Crippen LogP contribution in [0.3, 0.4) is 0 Å². The average Bonchev–Trinajstić information content (AvgIpc) is 2.20. The minimum absolute atomic E-state index is 0.382. The summed E-state index contributed by atoms with van der Waals surface area (Å²) in [4.78, 5) is 0. The predicted molar refractivity (Wildman–Crippen MR) is 51.1 cm³/mol. The molecule has 0 spiro atoms. The van der Waals surface area contributed by atoms with Crippen LogP contribution in [0.15, 0.2) is 24.3 Å². The molecule has 0 aliphatic carbocycles. The van der Waals surface area contributed by atoms with E-state index in [1.165, 1.54) is 0 Å². The van der Waals surface area contributed by atoms with Crippen LogP contribution in [0.1, 0.15) is 17.4 Å². The molecule has 13 heavy (non-hydrogen) atoms. The third kappa shape index (κ3) is 2.09. The number of terminal acetylenes is 1. The van der Waals surface area contributed by atoms with Crippen molar-refractivity contribution < 1.29 is 9.47 Å². The van der Waals surface area contributed by atoms with Crippen LogP contribution in [0.4, 0.5) is 0 Å². The fraction of sp³-hybridized carbons (Fsp3) is 0.273. The molecule has 1 aromatic rings. The third-order valence-electron chi connectivity index (χ3n) is 1.80. The first-order valence-electron chi connectivity index (χ1n) is 3.94. The molecule has 2 heteroatoms. The van der Waals surface area contributed by atoms with Crippen molar-refractivity contribution in [1.29, 1.82) is 0 Å². The standard InChI is InChI=1S/C11H12O2/c1-4-9-7-5-6-8-10(9)11(12-2)13-3/h1,5-8,11H,2-3H3. The van der Waals surface area contributed by atoms with Crippen LogP contribution in [0, 0.1) is 12.3 Å². The van der Waals surface area contributed by atoms with Gasteiger partial charge in [-0.1, -0.05) is 24.1 Å². The molecule has 0 amide bonds. The summed E-state index contributed by atoms with van der Waals surface area (Å²) in [6.45, 7) is 0. The van der Waals surface area contributed by atoms with Gasteiger partial charge in [0.1, 0.15) is 0 Å². The van der Waals surface area contributed by atoms with E-state index in [9.17, 15) is 0 Å². The van der Waals surface area contributed by atoms with E-state index in [2.05, 4.69) is 5.92 Å². The van der Waals surface area contributed by atoms with Crippen molar-refractivity contribution >= 4 is 0 Å². The molecule has 1 aromatic carbocycles. The Balaban J connectivity index is 3.05. The molecule has 0 atom stereocenters. The van der Waals surface area contributed by atoms with Gasteiger partial charge in [-0.25, -0.2) is 0 Å². The molecule has 0 saturated heterocycles. The summed E-state index contributed by atoms with van der Waals surface area (Å²) in [6.07, 6.45) is 4.95. The Kier molecular flexibility index (Phi) is 3.51. The molecule has 68 valence electrons. The van der Waals surface area contributed by atoms with Gasteiger partial charge in [0, 0.05) is 25.3 Å². The highest BCUT2D eigenvalue weighted by molar-refractivity contribution is 5.40. The molecule has 0 aromatic heterocycles. The van der Waals surface area contributed by atoms with Gasteiger partial charge in [-0.15, -0.1) is 6.42 Å². The van der Waals surface area contributed by atoms with Crippen molar-refractivity contribution in [2.75, 3.05) is 14.2 Å². The monoisotopic (exact) mass is 176 g/mol. The van der Waals surface area contributed by atoms with Gasteiger partial charge in [0.25, 0.3) is 0 Å². The summed E-state index contributed by atoms with van der Waals surface area (Å²) in [6, 6.07) is 7.55. The highest BCUT2D eigenvalue weighted by Gasteiger charge is 2.11. The van der Waals surface area contributed by atoms with E-state index in [0.29, 0.717) is 0 Å². The zero-order chi connectivity index (χ0) is 9.68. The molecule has 0 radical (unpaired) electrons. The lowest BCUT2D eigenvalue weighted by atomic mass is 10.1. The summed E-state index contributed by atoms with van der Waals surface area (Å²) < 4.78 is 10.2. The van der Waals surface area contributed by atoms with Gasteiger partial charge >= 0.3 is 0 Å². The Morgan fingerprint density at radius 2 is 1.85 bits per heavy atom. The van der Waals surface area contributed by atoms with Gasteiger partial charge in [-0.2, -0.15) is 0 Å². The van der Waals surface area contributed by atoms with Crippen LogP contribution < -0.4 is 0 Å². The van der Waals surface area contributed by atoms with E-state index in [1.54, 1.807) is 14.2 Å². The Hall–Kier alpha value is -1.30. The smallest absolute Gasteiger partial charge is 0.184 e. The van der Waals surface area contributed by atoms with E-state index in [4.69, 9.17) is 15.9 Å². The second-order valence-corrected chi connectivity index (χ2v) is 2.53. The van der Waals surface area contributed by atoms with E-state index >= 15 is 0 Å². The molecule has 0 heterocycles. The number of methoxy groups -OCH3 is 2. The first-order valence-corrected chi connectivity index (χ1v) is 3.94. The summed E-state index contributed by atoms with van der Waals surface area (Å²) >= 11 is 0. The van der Waals surface area contributed by atoms with Gasteiger partial charge < -0.3 is 9.47 Å². The second kappa shape index (κ2) is 4.66. The summed E-state index contributed by atoms with van der Waals surface area (Å²) in [5, 5.41) is 0. The Bertz CT molecular complexity index is 308. The molecule has 0 aliphatic rings. The fourth-order valence-electron chi connectivity index (χ4n) is 1.18.